The highest BCUT2D eigenvalue weighted by molar-refractivity contribution is 6.09. The van der Waals surface area contributed by atoms with E-state index in [1.54, 1.807) is 7.11 Å². The third-order valence-corrected chi connectivity index (χ3v) is 3.00. The maximum atomic E-state index is 9.23. The molecule has 2 rings (SSSR count). The molecule has 0 aliphatic carbocycles. The summed E-state index contributed by atoms with van der Waals surface area (Å²) < 4.78 is 7.28. The SMILES string of the molecule is [B]Cc1c(C#N)c2ccc(OC)cc2n1CC. The Kier molecular flexibility index (Phi) is 3.10. The van der Waals surface area contributed by atoms with E-state index in [0.29, 0.717) is 11.9 Å². The van der Waals surface area contributed by atoms with Crippen molar-refractivity contribution in [3.63, 3.8) is 0 Å². The number of aromatic nitrogens is 1. The topological polar surface area (TPSA) is 37.9 Å². The standard InChI is InChI=1S/C13H13BN2O/c1-3-16-12-6-9(17-2)4-5-10(12)11(8-15)13(16)7-14/h4-6H,3,7H2,1-2H3. The molecule has 0 N–H and O–H groups in total. The van der Waals surface area contributed by atoms with Gasteiger partial charge in [-0.2, -0.15) is 5.26 Å². The predicted molar refractivity (Wildman–Crippen MR) is 68.3 cm³/mol. The third-order valence-electron chi connectivity index (χ3n) is 3.00. The highest BCUT2D eigenvalue weighted by Crippen LogP contribution is 2.29. The van der Waals surface area contributed by atoms with Crippen molar-refractivity contribution in [2.45, 2.75) is 19.8 Å². The lowest BCUT2D eigenvalue weighted by atomic mass is 9.98. The summed E-state index contributed by atoms with van der Waals surface area (Å²) in [7, 11) is 7.37. The molecule has 1 aromatic heterocycles. The highest BCUT2D eigenvalue weighted by atomic mass is 16.5. The molecule has 84 valence electrons. The van der Waals surface area contributed by atoms with E-state index in [1.807, 2.05) is 25.1 Å². The molecule has 0 saturated carbocycles. The Bertz CT molecular complexity index is 595. The second kappa shape index (κ2) is 4.54. The number of hydrogen-bond donors (Lipinski definition) is 0. The van der Waals surface area contributed by atoms with Crippen molar-refractivity contribution < 1.29 is 4.74 Å². The van der Waals surface area contributed by atoms with E-state index in [9.17, 15) is 5.26 Å². The number of methoxy groups -OCH3 is 1. The summed E-state index contributed by atoms with van der Waals surface area (Å²) in [4.78, 5) is 0. The highest BCUT2D eigenvalue weighted by Gasteiger charge is 2.14. The fourth-order valence-electron chi connectivity index (χ4n) is 2.21. The van der Waals surface area contributed by atoms with Gasteiger partial charge in [-0.3, -0.25) is 0 Å². The van der Waals surface area contributed by atoms with E-state index in [-0.39, 0.29) is 0 Å². The molecule has 4 heteroatoms. The fraction of sp³-hybridized carbons (Fsp3) is 0.308. The van der Waals surface area contributed by atoms with Crippen LogP contribution in [0.2, 0.25) is 0 Å². The lowest BCUT2D eigenvalue weighted by molar-refractivity contribution is 0.415. The monoisotopic (exact) mass is 224 g/mol. The van der Waals surface area contributed by atoms with Crippen LogP contribution in [-0.2, 0) is 12.9 Å². The summed E-state index contributed by atoms with van der Waals surface area (Å²) in [5.74, 6) is 0.790. The summed E-state index contributed by atoms with van der Waals surface area (Å²) in [6.45, 7) is 2.83. The van der Waals surface area contributed by atoms with Gasteiger partial charge in [-0.05, 0) is 25.4 Å². The third kappa shape index (κ3) is 1.68. The smallest absolute Gasteiger partial charge is 0.120 e. The van der Waals surface area contributed by atoms with Crippen LogP contribution in [-0.4, -0.2) is 19.5 Å². The number of aryl methyl sites for hydroxylation is 1. The maximum absolute atomic E-state index is 9.23. The molecular formula is C13H13BN2O. The number of rotatable bonds is 3. The van der Waals surface area contributed by atoms with Crippen molar-refractivity contribution in [3.05, 3.63) is 29.5 Å². The molecule has 0 amide bonds. The van der Waals surface area contributed by atoms with Gasteiger partial charge in [0, 0.05) is 23.7 Å². The number of nitriles is 1. The second-order valence-electron chi connectivity index (χ2n) is 3.76. The van der Waals surface area contributed by atoms with Crippen LogP contribution in [0.25, 0.3) is 10.9 Å². The fourth-order valence-corrected chi connectivity index (χ4v) is 2.21. The molecule has 0 saturated heterocycles. The second-order valence-corrected chi connectivity index (χ2v) is 3.76. The summed E-state index contributed by atoms with van der Waals surface area (Å²) in [6, 6.07) is 7.96. The Balaban J connectivity index is 2.84. The van der Waals surface area contributed by atoms with Gasteiger partial charge in [0.05, 0.1) is 26.0 Å². The van der Waals surface area contributed by atoms with E-state index in [1.165, 1.54) is 0 Å². The van der Waals surface area contributed by atoms with E-state index in [2.05, 4.69) is 10.6 Å². The molecule has 1 heterocycles. The van der Waals surface area contributed by atoms with Crippen molar-refractivity contribution in [1.82, 2.24) is 4.57 Å². The van der Waals surface area contributed by atoms with Crippen LogP contribution in [0.4, 0.5) is 0 Å². The van der Waals surface area contributed by atoms with Crippen LogP contribution in [0, 0.1) is 11.3 Å². The van der Waals surface area contributed by atoms with Gasteiger partial charge in [-0.1, -0.05) is 0 Å². The van der Waals surface area contributed by atoms with E-state index >= 15 is 0 Å². The van der Waals surface area contributed by atoms with Gasteiger partial charge in [0.25, 0.3) is 0 Å². The van der Waals surface area contributed by atoms with Gasteiger partial charge >= 0.3 is 0 Å². The van der Waals surface area contributed by atoms with Gasteiger partial charge in [0.1, 0.15) is 11.8 Å². The van der Waals surface area contributed by atoms with E-state index < -0.39 is 0 Å². The summed E-state index contributed by atoms with van der Waals surface area (Å²) in [5, 5.41) is 10.2. The lowest BCUT2D eigenvalue weighted by Crippen LogP contribution is -2.01. The van der Waals surface area contributed by atoms with E-state index in [4.69, 9.17) is 12.6 Å². The van der Waals surface area contributed by atoms with Crippen molar-refractivity contribution in [1.29, 1.82) is 5.26 Å². The molecule has 0 fully saturated rings. The van der Waals surface area contributed by atoms with Crippen molar-refractivity contribution in [2.75, 3.05) is 7.11 Å². The van der Waals surface area contributed by atoms with Crippen LogP contribution in [0.15, 0.2) is 18.2 Å². The first-order chi connectivity index (χ1) is 8.26. The number of hydrogen-bond acceptors (Lipinski definition) is 2. The Hall–Kier alpha value is -1.89. The molecule has 0 unspecified atom stereocenters. The Morgan fingerprint density at radius 2 is 2.24 bits per heavy atom. The minimum Gasteiger partial charge on any atom is -0.497 e. The van der Waals surface area contributed by atoms with Crippen LogP contribution in [0.1, 0.15) is 18.2 Å². The predicted octanol–water partition coefficient (Wildman–Crippen LogP) is 2.21. The molecule has 0 spiro atoms. The summed E-state index contributed by atoms with van der Waals surface area (Å²) in [5.41, 5.74) is 2.56. The molecule has 0 aliphatic heterocycles. The first-order valence-electron chi connectivity index (χ1n) is 5.56. The minimum absolute atomic E-state index is 0.369. The molecule has 17 heavy (non-hydrogen) atoms. The summed E-state index contributed by atoms with van der Waals surface area (Å²) in [6.07, 6.45) is 0.369. The Labute approximate surface area is 102 Å². The molecule has 2 radical (unpaired) electrons. The molecular weight excluding hydrogens is 211 g/mol. The Morgan fingerprint density at radius 1 is 1.47 bits per heavy atom. The largest absolute Gasteiger partial charge is 0.497 e. The molecule has 3 nitrogen and oxygen atoms in total. The molecule has 2 aromatic rings. The van der Waals surface area contributed by atoms with Gasteiger partial charge in [-0.15, -0.1) is 0 Å². The minimum atomic E-state index is 0.369. The first-order valence-corrected chi connectivity index (χ1v) is 5.56. The van der Waals surface area contributed by atoms with Crippen LogP contribution in [0.3, 0.4) is 0 Å². The van der Waals surface area contributed by atoms with Gasteiger partial charge in [0.15, 0.2) is 0 Å². The van der Waals surface area contributed by atoms with Crippen molar-refractivity contribution in [3.8, 4) is 11.8 Å². The Morgan fingerprint density at radius 3 is 2.76 bits per heavy atom. The van der Waals surface area contributed by atoms with E-state index in [0.717, 1.165) is 28.9 Å². The van der Waals surface area contributed by atoms with Gasteiger partial charge < -0.3 is 9.30 Å². The zero-order valence-corrected chi connectivity index (χ0v) is 10.0. The van der Waals surface area contributed by atoms with Crippen molar-refractivity contribution >= 4 is 18.7 Å². The van der Waals surface area contributed by atoms with Gasteiger partial charge in [-0.25, -0.2) is 0 Å². The van der Waals surface area contributed by atoms with Crippen molar-refractivity contribution in [2.24, 2.45) is 0 Å². The molecule has 0 aliphatic rings. The zero-order valence-electron chi connectivity index (χ0n) is 10.0. The number of nitrogens with zero attached hydrogens (tertiary/aromatic N) is 2. The number of benzene rings is 1. The lowest BCUT2D eigenvalue weighted by Gasteiger charge is -2.06. The number of ether oxygens (including phenoxy) is 1. The number of fused-ring (bicyclic) bond motifs is 1. The maximum Gasteiger partial charge on any atom is 0.120 e. The first kappa shape index (κ1) is 11.6. The quantitative estimate of drug-likeness (QED) is 0.749. The normalized spacial score (nSPS) is 10.4. The summed E-state index contributed by atoms with van der Waals surface area (Å²) >= 11 is 0. The molecule has 0 bridgehead atoms. The molecule has 0 atom stereocenters. The van der Waals surface area contributed by atoms with Crippen LogP contribution >= 0.6 is 0 Å². The molecule has 1 aromatic carbocycles. The average molecular weight is 224 g/mol. The zero-order chi connectivity index (χ0) is 12.4. The average Bonchev–Trinajstić information content (AvgIpc) is 2.69. The van der Waals surface area contributed by atoms with Gasteiger partial charge in [0.2, 0.25) is 0 Å². The van der Waals surface area contributed by atoms with Crippen LogP contribution in [0.5, 0.6) is 5.75 Å². The van der Waals surface area contributed by atoms with Crippen LogP contribution < -0.4 is 4.74 Å².